The molecule has 2 aromatic rings. The normalized spacial score (nSPS) is 10.7. The molecule has 0 fully saturated rings. The van der Waals surface area contributed by atoms with E-state index in [-0.39, 0.29) is 5.12 Å². The Balaban J connectivity index is 1.96. The van der Waals surface area contributed by atoms with Crippen LogP contribution in [0.15, 0.2) is 59.5 Å². The molecular weight excluding hydrogens is 292 g/mol. The van der Waals surface area contributed by atoms with Gasteiger partial charge in [-0.05, 0) is 59.8 Å². The average molecular weight is 305 g/mol. The third-order valence-electron chi connectivity index (χ3n) is 2.56. The van der Waals surface area contributed by atoms with E-state index in [0.717, 1.165) is 16.2 Å². The fraction of sp³-hybridized carbons (Fsp3) is 0.0625. The van der Waals surface area contributed by atoms with Gasteiger partial charge in [0.15, 0.2) is 0 Å². The van der Waals surface area contributed by atoms with Crippen molar-refractivity contribution < 1.29 is 9.53 Å². The van der Waals surface area contributed by atoms with Gasteiger partial charge in [-0.25, -0.2) is 0 Å². The van der Waals surface area contributed by atoms with Crippen molar-refractivity contribution in [1.29, 1.82) is 0 Å². The third kappa shape index (κ3) is 4.44. The molecule has 0 N–H and O–H groups in total. The van der Waals surface area contributed by atoms with E-state index >= 15 is 0 Å². The zero-order valence-corrected chi connectivity index (χ0v) is 12.4. The summed E-state index contributed by atoms with van der Waals surface area (Å²) in [6.07, 6.45) is 3.34. The van der Waals surface area contributed by atoms with Crippen LogP contribution >= 0.6 is 23.4 Å². The number of thioether (sulfide) groups is 1. The summed E-state index contributed by atoms with van der Waals surface area (Å²) < 4.78 is 5.08. The Morgan fingerprint density at radius 1 is 1.10 bits per heavy atom. The predicted molar refractivity (Wildman–Crippen MR) is 84.3 cm³/mol. The highest BCUT2D eigenvalue weighted by molar-refractivity contribution is 8.14. The maximum Gasteiger partial charge on any atom is 0.216 e. The van der Waals surface area contributed by atoms with Crippen LogP contribution < -0.4 is 4.74 Å². The van der Waals surface area contributed by atoms with Crippen molar-refractivity contribution in [3.63, 3.8) is 0 Å². The summed E-state index contributed by atoms with van der Waals surface area (Å²) >= 11 is 6.97. The SMILES string of the molecule is COc1ccc(/C=C/C(=O)Sc2ccc(Cl)cc2)cc1. The molecule has 0 unspecified atom stereocenters. The first-order chi connectivity index (χ1) is 9.67. The molecule has 0 aliphatic heterocycles. The number of halogens is 1. The van der Waals surface area contributed by atoms with Crippen molar-refractivity contribution in [3.05, 3.63) is 65.2 Å². The smallest absolute Gasteiger partial charge is 0.216 e. The molecule has 0 aliphatic rings. The highest BCUT2D eigenvalue weighted by Crippen LogP contribution is 2.22. The Morgan fingerprint density at radius 3 is 2.35 bits per heavy atom. The Bertz CT molecular complexity index is 603. The van der Waals surface area contributed by atoms with Gasteiger partial charge in [-0.3, -0.25) is 4.79 Å². The van der Waals surface area contributed by atoms with Crippen LogP contribution in [0.2, 0.25) is 5.02 Å². The van der Waals surface area contributed by atoms with Gasteiger partial charge < -0.3 is 4.74 Å². The molecule has 0 aliphatic carbocycles. The number of benzene rings is 2. The number of hydrogen-bond donors (Lipinski definition) is 0. The Morgan fingerprint density at radius 2 is 1.75 bits per heavy atom. The molecule has 2 nitrogen and oxygen atoms in total. The van der Waals surface area contributed by atoms with Gasteiger partial charge in [0.2, 0.25) is 5.12 Å². The summed E-state index contributed by atoms with van der Waals surface area (Å²) in [5, 5.41) is 0.638. The number of carbonyl (C=O) groups is 1. The van der Waals surface area contributed by atoms with E-state index in [4.69, 9.17) is 16.3 Å². The van der Waals surface area contributed by atoms with Crippen molar-refractivity contribution >= 4 is 34.6 Å². The van der Waals surface area contributed by atoms with E-state index in [1.807, 2.05) is 36.4 Å². The van der Waals surface area contributed by atoms with E-state index in [1.54, 1.807) is 31.4 Å². The van der Waals surface area contributed by atoms with Crippen LogP contribution in [0.1, 0.15) is 5.56 Å². The number of ether oxygens (including phenoxy) is 1. The van der Waals surface area contributed by atoms with Crippen LogP contribution in [0.25, 0.3) is 6.08 Å². The molecule has 2 aromatic carbocycles. The second kappa shape index (κ2) is 7.17. The Labute approximate surface area is 127 Å². The second-order valence-electron chi connectivity index (χ2n) is 3.98. The molecule has 0 amide bonds. The fourth-order valence-corrected chi connectivity index (χ4v) is 2.30. The van der Waals surface area contributed by atoms with Crippen molar-refractivity contribution in [1.82, 2.24) is 0 Å². The summed E-state index contributed by atoms with van der Waals surface area (Å²) in [4.78, 5) is 12.7. The van der Waals surface area contributed by atoms with Gasteiger partial charge in [0.05, 0.1) is 7.11 Å². The molecule has 0 heterocycles. The van der Waals surface area contributed by atoms with Crippen LogP contribution in [-0.4, -0.2) is 12.2 Å². The molecule has 0 atom stereocenters. The lowest BCUT2D eigenvalue weighted by Crippen LogP contribution is -1.85. The fourth-order valence-electron chi connectivity index (χ4n) is 1.53. The summed E-state index contributed by atoms with van der Waals surface area (Å²) in [5.41, 5.74) is 0.954. The van der Waals surface area contributed by atoms with Crippen molar-refractivity contribution in [2.45, 2.75) is 4.90 Å². The van der Waals surface area contributed by atoms with Crippen LogP contribution in [0.3, 0.4) is 0 Å². The standard InChI is InChI=1S/C16H13ClO2S/c1-19-14-7-2-12(3-8-14)4-11-16(18)20-15-9-5-13(17)6-10-15/h2-11H,1H3/b11-4+. The monoisotopic (exact) mass is 304 g/mol. The number of carbonyl (C=O) groups excluding carboxylic acids is 1. The Kier molecular flexibility index (Phi) is 5.27. The minimum absolute atomic E-state index is 0.0249. The Hall–Kier alpha value is -1.71. The summed E-state index contributed by atoms with van der Waals surface area (Å²) in [5.74, 6) is 0.795. The highest BCUT2D eigenvalue weighted by atomic mass is 35.5. The zero-order chi connectivity index (χ0) is 14.4. The quantitative estimate of drug-likeness (QED) is 0.606. The van der Waals surface area contributed by atoms with Crippen LogP contribution in [0.4, 0.5) is 0 Å². The van der Waals surface area contributed by atoms with Crippen LogP contribution in [0.5, 0.6) is 5.75 Å². The molecule has 2 rings (SSSR count). The number of methoxy groups -OCH3 is 1. The van der Waals surface area contributed by atoms with Gasteiger partial charge >= 0.3 is 0 Å². The number of rotatable bonds is 4. The van der Waals surface area contributed by atoms with Crippen LogP contribution in [-0.2, 0) is 4.79 Å². The van der Waals surface area contributed by atoms with Crippen LogP contribution in [0, 0.1) is 0 Å². The molecule has 4 heteroatoms. The lowest BCUT2D eigenvalue weighted by molar-refractivity contribution is -0.106. The van der Waals surface area contributed by atoms with Gasteiger partial charge in [0, 0.05) is 9.92 Å². The van der Waals surface area contributed by atoms with Gasteiger partial charge in [-0.1, -0.05) is 29.8 Å². The molecule has 0 bridgehead atoms. The minimum atomic E-state index is -0.0249. The summed E-state index contributed by atoms with van der Waals surface area (Å²) in [6.45, 7) is 0. The zero-order valence-electron chi connectivity index (χ0n) is 10.9. The van der Waals surface area contributed by atoms with E-state index in [2.05, 4.69) is 0 Å². The largest absolute Gasteiger partial charge is 0.497 e. The summed E-state index contributed by atoms with van der Waals surface area (Å²) in [7, 11) is 1.62. The van der Waals surface area contributed by atoms with E-state index in [9.17, 15) is 4.79 Å². The third-order valence-corrected chi connectivity index (χ3v) is 3.66. The lowest BCUT2D eigenvalue weighted by atomic mass is 10.2. The van der Waals surface area contributed by atoms with Gasteiger partial charge in [-0.15, -0.1) is 0 Å². The molecule has 102 valence electrons. The predicted octanol–water partition coefficient (Wildman–Crippen LogP) is 4.68. The average Bonchev–Trinajstić information content (AvgIpc) is 2.48. The minimum Gasteiger partial charge on any atom is -0.497 e. The maximum absolute atomic E-state index is 11.8. The van der Waals surface area contributed by atoms with Gasteiger partial charge in [0.1, 0.15) is 5.75 Å². The first-order valence-electron chi connectivity index (χ1n) is 5.97. The van der Waals surface area contributed by atoms with Gasteiger partial charge in [-0.2, -0.15) is 0 Å². The summed E-state index contributed by atoms with van der Waals surface area (Å²) in [6, 6.07) is 14.7. The lowest BCUT2D eigenvalue weighted by Gasteiger charge is -1.99. The van der Waals surface area contributed by atoms with E-state index in [1.165, 1.54) is 11.8 Å². The molecule has 0 saturated carbocycles. The first-order valence-corrected chi connectivity index (χ1v) is 7.16. The number of hydrogen-bond acceptors (Lipinski definition) is 3. The van der Waals surface area contributed by atoms with Crippen molar-refractivity contribution in [3.8, 4) is 5.75 Å². The molecule has 0 aromatic heterocycles. The maximum atomic E-state index is 11.8. The molecule has 0 saturated heterocycles. The second-order valence-corrected chi connectivity index (χ2v) is 5.50. The van der Waals surface area contributed by atoms with Crippen molar-refractivity contribution in [2.24, 2.45) is 0 Å². The van der Waals surface area contributed by atoms with Gasteiger partial charge in [0.25, 0.3) is 0 Å². The molecular formula is C16H13ClO2S. The molecule has 20 heavy (non-hydrogen) atoms. The highest BCUT2D eigenvalue weighted by Gasteiger charge is 2.00. The molecule has 0 radical (unpaired) electrons. The van der Waals surface area contributed by atoms with E-state index < -0.39 is 0 Å². The van der Waals surface area contributed by atoms with Crippen molar-refractivity contribution in [2.75, 3.05) is 7.11 Å². The topological polar surface area (TPSA) is 26.3 Å². The van der Waals surface area contributed by atoms with E-state index in [0.29, 0.717) is 5.02 Å². The first kappa shape index (κ1) is 14.7. The molecule has 0 spiro atoms.